The highest BCUT2D eigenvalue weighted by Gasteiger charge is 2.39. The molecule has 0 spiro atoms. The molecule has 1 N–H and O–H groups in total. The third-order valence-corrected chi connectivity index (χ3v) is 8.15. The number of fused-ring (bicyclic) bond motifs is 1. The Labute approximate surface area is 241 Å². The van der Waals surface area contributed by atoms with E-state index in [1.54, 1.807) is 30.7 Å². The molecule has 3 aromatic carbocycles. The molecule has 0 fully saturated rings. The number of benzene rings is 3. The zero-order chi connectivity index (χ0) is 28.3. The predicted molar refractivity (Wildman–Crippen MR) is 159 cm³/mol. The van der Waals surface area contributed by atoms with Gasteiger partial charge in [0.15, 0.2) is 6.10 Å². The number of carbonyl (C=O) groups excluding carboxylic acids is 2. The molecule has 212 valence electrons. The molecular weight excluding hydrogens is 524 g/mol. The van der Waals surface area contributed by atoms with Crippen molar-refractivity contribution in [2.75, 3.05) is 44.9 Å². The molecule has 0 aliphatic carbocycles. The lowest BCUT2D eigenvalue weighted by Gasteiger charge is -2.28. The minimum atomic E-state index is -0.878. The van der Waals surface area contributed by atoms with E-state index < -0.39 is 12.1 Å². The number of carbonyl (C=O) groups is 2. The van der Waals surface area contributed by atoms with E-state index in [1.807, 2.05) is 48.5 Å². The highest BCUT2D eigenvalue weighted by Crippen LogP contribution is 2.46. The van der Waals surface area contributed by atoms with Crippen molar-refractivity contribution >= 4 is 29.3 Å². The Bertz CT molecular complexity index is 1250. The number of thioether (sulfide) groups is 1. The molecular formula is C32H38N2O5S. The lowest BCUT2D eigenvalue weighted by atomic mass is 10.1. The average molecular weight is 563 g/mol. The summed E-state index contributed by atoms with van der Waals surface area (Å²) < 4.78 is 16.4. The van der Waals surface area contributed by atoms with Crippen LogP contribution in [0.15, 0.2) is 77.7 Å². The number of aryl methyl sites for hydroxylation is 2. The van der Waals surface area contributed by atoms with Gasteiger partial charge in [-0.05, 0) is 68.6 Å². The molecule has 3 aromatic rings. The minimum Gasteiger partial charge on any atom is -0.497 e. The summed E-state index contributed by atoms with van der Waals surface area (Å²) in [5, 5.41) is 3.13. The Hall–Kier alpha value is -3.33. The van der Waals surface area contributed by atoms with E-state index in [9.17, 15) is 9.59 Å². The molecule has 1 amide bonds. The lowest BCUT2D eigenvalue weighted by Crippen LogP contribution is -2.45. The summed E-state index contributed by atoms with van der Waals surface area (Å²) in [6.07, 6.45) is 1.13. The van der Waals surface area contributed by atoms with Crippen LogP contribution in [-0.4, -0.2) is 57.9 Å². The van der Waals surface area contributed by atoms with E-state index in [2.05, 4.69) is 36.5 Å². The Morgan fingerprint density at radius 1 is 1.00 bits per heavy atom. The highest BCUT2D eigenvalue weighted by atomic mass is 32.2. The summed E-state index contributed by atoms with van der Waals surface area (Å²) in [5.74, 6) is 0.0644. The van der Waals surface area contributed by atoms with Gasteiger partial charge in [-0.2, -0.15) is 0 Å². The van der Waals surface area contributed by atoms with Gasteiger partial charge in [-0.1, -0.05) is 54.1 Å². The smallest absolute Gasteiger partial charge is 0.332 e. The number of methoxy groups -OCH3 is 1. The molecule has 40 heavy (non-hydrogen) atoms. The molecule has 0 saturated heterocycles. The van der Waals surface area contributed by atoms with Crippen LogP contribution in [0.25, 0.3) is 0 Å². The molecule has 1 aliphatic heterocycles. The fourth-order valence-electron chi connectivity index (χ4n) is 4.65. The van der Waals surface area contributed by atoms with E-state index in [0.717, 1.165) is 41.3 Å². The fourth-order valence-corrected chi connectivity index (χ4v) is 6.00. The SMILES string of the molecule is CCOC(=O)COC1C(=O)N(CCNCCCc2ccc(C)cc2)c2ccccc2SC1c1ccc(OC)cc1. The van der Waals surface area contributed by atoms with Crippen LogP contribution in [0.4, 0.5) is 5.69 Å². The maximum atomic E-state index is 14.1. The second-order valence-corrected chi connectivity index (χ2v) is 10.8. The van der Waals surface area contributed by atoms with E-state index in [1.165, 1.54) is 11.1 Å². The first kappa shape index (κ1) is 29.6. The largest absolute Gasteiger partial charge is 0.497 e. The molecule has 0 saturated carbocycles. The normalized spacial score (nSPS) is 16.8. The van der Waals surface area contributed by atoms with Crippen LogP contribution in [0.1, 0.15) is 35.3 Å². The number of ether oxygens (including phenoxy) is 3. The van der Waals surface area contributed by atoms with Crippen molar-refractivity contribution in [1.82, 2.24) is 5.32 Å². The Morgan fingerprint density at radius 3 is 2.48 bits per heavy atom. The van der Waals surface area contributed by atoms with Gasteiger partial charge in [-0.25, -0.2) is 4.79 Å². The van der Waals surface area contributed by atoms with Gasteiger partial charge in [0, 0.05) is 18.0 Å². The second-order valence-electron chi connectivity index (χ2n) is 9.64. The average Bonchev–Trinajstić information content (AvgIpc) is 3.09. The summed E-state index contributed by atoms with van der Waals surface area (Å²) in [5.41, 5.74) is 4.35. The van der Waals surface area contributed by atoms with Crippen LogP contribution in [0.3, 0.4) is 0 Å². The number of esters is 1. The molecule has 7 nitrogen and oxygen atoms in total. The van der Waals surface area contributed by atoms with Crippen molar-refractivity contribution < 1.29 is 23.8 Å². The molecule has 8 heteroatoms. The van der Waals surface area contributed by atoms with Gasteiger partial charge < -0.3 is 24.4 Å². The molecule has 1 heterocycles. The molecule has 0 radical (unpaired) electrons. The Kier molecular flexibility index (Phi) is 11.0. The van der Waals surface area contributed by atoms with Crippen molar-refractivity contribution in [3.63, 3.8) is 0 Å². The van der Waals surface area contributed by atoms with E-state index in [-0.39, 0.29) is 24.4 Å². The summed E-state index contributed by atoms with van der Waals surface area (Å²) in [7, 11) is 1.62. The first-order valence-corrected chi connectivity index (χ1v) is 14.6. The van der Waals surface area contributed by atoms with Crippen LogP contribution in [0.2, 0.25) is 0 Å². The standard InChI is InChI=1S/C32H38N2O5S/c1-4-38-29(35)22-39-30-31(25-15-17-26(37-3)18-16-25)40-28-10-6-5-9-27(28)34(32(30)36)21-20-33-19-7-8-24-13-11-23(2)12-14-24/h5-6,9-18,30-31,33H,4,7-8,19-22H2,1-3H3. The van der Waals surface area contributed by atoms with Gasteiger partial charge >= 0.3 is 5.97 Å². The number of nitrogens with one attached hydrogen (secondary N) is 1. The van der Waals surface area contributed by atoms with Crippen molar-refractivity contribution in [1.29, 1.82) is 0 Å². The summed E-state index contributed by atoms with van der Waals surface area (Å²) >= 11 is 1.57. The minimum absolute atomic E-state index is 0.177. The monoisotopic (exact) mass is 562 g/mol. The van der Waals surface area contributed by atoms with Gasteiger partial charge in [-0.15, -0.1) is 11.8 Å². The third kappa shape index (κ3) is 7.87. The fraction of sp³-hybridized carbons (Fsp3) is 0.375. The van der Waals surface area contributed by atoms with Crippen molar-refractivity contribution in [3.8, 4) is 5.75 Å². The van der Waals surface area contributed by atoms with Crippen LogP contribution in [0, 0.1) is 6.92 Å². The van der Waals surface area contributed by atoms with E-state index in [4.69, 9.17) is 14.2 Å². The topological polar surface area (TPSA) is 77.1 Å². The maximum Gasteiger partial charge on any atom is 0.332 e. The Balaban J connectivity index is 1.49. The molecule has 2 unspecified atom stereocenters. The maximum absolute atomic E-state index is 14.1. The number of rotatable bonds is 13. The molecule has 1 aliphatic rings. The summed E-state index contributed by atoms with van der Waals surface area (Å²) in [6, 6.07) is 24.2. The number of amides is 1. The molecule has 0 bridgehead atoms. The van der Waals surface area contributed by atoms with Crippen LogP contribution in [0.5, 0.6) is 5.75 Å². The lowest BCUT2D eigenvalue weighted by molar-refractivity contribution is -0.152. The van der Waals surface area contributed by atoms with E-state index >= 15 is 0 Å². The summed E-state index contributed by atoms with van der Waals surface area (Å²) in [4.78, 5) is 29.1. The van der Waals surface area contributed by atoms with Gasteiger partial charge in [0.2, 0.25) is 0 Å². The number of para-hydroxylation sites is 1. The molecule has 2 atom stereocenters. The number of anilines is 1. The van der Waals surface area contributed by atoms with Crippen molar-refractivity contribution in [2.45, 2.75) is 42.9 Å². The van der Waals surface area contributed by atoms with Crippen molar-refractivity contribution in [2.24, 2.45) is 0 Å². The third-order valence-electron chi connectivity index (χ3n) is 6.78. The van der Waals surface area contributed by atoms with Gasteiger partial charge in [0.05, 0.1) is 24.7 Å². The highest BCUT2D eigenvalue weighted by molar-refractivity contribution is 7.99. The summed E-state index contributed by atoms with van der Waals surface area (Å²) in [6.45, 7) is 5.77. The Morgan fingerprint density at radius 2 is 1.75 bits per heavy atom. The number of hydrogen-bond donors (Lipinski definition) is 1. The zero-order valence-corrected chi connectivity index (χ0v) is 24.2. The van der Waals surface area contributed by atoms with Crippen LogP contribution in [-0.2, 0) is 25.5 Å². The van der Waals surface area contributed by atoms with Crippen LogP contribution < -0.4 is 15.0 Å². The van der Waals surface area contributed by atoms with Gasteiger partial charge in [0.25, 0.3) is 5.91 Å². The molecule has 0 aromatic heterocycles. The number of nitrogens with zero attached hydrogens (tertiary/aromatic N) is 1. The van der Waals surface area contributed by atoms with Crippen LogP contribution >= 0.6 is 11.8 Å². The zero-order valence-electron chi connectivity index (χ0n) is 23.4. The first-order valence-electron chi connectivity index (χ1n) is 13.7. The first-order chi connectivity index (χ1) is 19.5. The second kappa shape index (κ2) is 14.9. The quantitative estimate of drug-likeness (QED) is 0.222. The molecule has 4 rings (SSSR count). The van der Waals surface area contributed by atoms with E-state index in [0.29, 0.717) is 13.1 Å². The van der Waals surface area contributed by atoms with Crippen molar-refractivity contribution in [3.05, 3.63) is 89.5 Å². The van der Waals surface area contributed by atoms with Gasteiger partial charge in [-0.3, -0.25) is 4.79 Å². The van der Waals surface area contributed by atoms with Gasteiger partial charge in [0.1, 0.15) is 12.4 Å². The number of hydrogen-bond acceptors (Lipinski definition) is 7. The predicted octanol–water partition coefficient (Wildman–Crippen LogP) is 5.35.